The molecule has 0 aliphatic heterocycles. The first-order chi connectivity index (χ1) is 9.47. The van der Waals surface area contributed by atoms with Crippen molar-refractivity contribution < 1.29 is 17.9 Å². The molecule has 0 radical (unpaired) electrons. The molecule has 114 valence electrons. The van der Waals surface area contributed by atoms with Crippen molar-refractivity contribution in [1.29, 1.82) is 0 Å². The van der Waals surface area contributed by atoms with Crippen LogP contribution in [0, 0.1) is 0 Å². The lowest BCUT2D eigenvalue weighted by Crippen LogP contribution is -2.30. The zero-order valence-corrected chi connectivity index (χ0v) is 12.9. The average molecular weight is 302 g/mol. The van der Waals surface area contributed by atoms with Gasteiger partial charge in [0.05, 0.1) is 13.7 Å². The van der Waals surface area contributed by atoms with Crippen molar-refractivity contribution in [2.45, 2.75) is 18.4 Å². The quantitative estimate of drug-likeness (QED) is 0.719. The largest absolute Gasteiger partial charge is 0.495 e. The Hall–Kier alpha value is -1.15. The standard InChI is InChI=1S/C13H22N2O4S/c1-4-19-8-7-15(2)20(16,17)13-9-11(10-14)5-6-12(13)18-3/h5-6,9H,4,7-8,10,14H2,1-3H3. The van der Waals surface area contributed by atoms with E-state index in [9.17, 15) is 8.42 Å². The number of hydrogen-bond donors (Lipinski definition) is 1. The van der Waals surface area contributed by atoms with E-state index in [1.165, 1.54) is 18.5 Å². The molecule has 0 heterocycles. The third kappa shape index (κ3) is 3.92. The van der Waals surface area contributed by atoms with E-state index in [1.54, 1.807) is 18.2 Å². The Morgan fingerprint density at radius 3 is 2.60 bits per heavy atom. The first kappa shape index (κ1) is 16.9. The van der Waals surface area contributed by atoms with Crippen LogP contribution < -0.4 is 10.5 Å². The zero-order chi connectivity index (χ0) is 15.2. The summed E-state index contributed by atoms with van der Waals surface area (Å²) < 4.78 is 36.6. The molecule has 2 N–H and O–H groups in total. The minimum absolute atomic E-state index is 0.127. The highest BCUT2D eigenvalue weighted by Crippen LogP contribution is 2.27. The summed E-state index contributed by atoms with van der Waals surface area (Å²) >= 11 is 0. The van der Waals surface area contributed by atoms with Gasteiger partial charge in [-0.25, -0.2) is 8.42 Å². The average Bonchev–Trinajstić information content (AvgIpc) is 2.46. The molecule has 0 bridgehead atoms. The minimum Gasteiger partial charge on any atom is -0.495 e. The van der Waals surface area contributed by atoms with Crippen LogP contribution in [-0.2, 0) is 21.3 Å². The van der Waals surface area contributed by atoms with Crippen LogP contribution in [0.2, 0.25) is 0 Å². The SMILES string of the molecule is CCOCCN(C)S(=O)(=O)c1cc(CN)ccc1OC. The van der Waals surface area contributed by atoms with Gasteiger partial charge in [0.25, 0.3) is 0 Å². The van der Waals surface area contributed by atoms with Crippen molar-refractivity contribution in [3.8, 4) is 5.75 Å². The number of likely N-dealkylation sites (N-methyl/N-ethyl adjacent to an activating group) is 1. The molecule has 0 unspecified atom stereocenters. The summed E-state index contributed by atoms with van der Waals surface area (Å²) in [5, 5.41) is 0. The van der Waals surface area contributed by atoms with Gasteiger partial charge in [-0.3, -0.25) is 0 Å². The fraction of sp³-hybridized carbons (Fsp3) is 0.538. The highest BCUT2D eigenvalue weighted by atomic mass is 32.2. The predicted molar refractivity (Wildman–Crippen MR) is 77.2 cm³/mol. The number of benzene rings is 1. The summed E-state index contributed by atoms with van der Waals surface area (Å²) in [4.78, 5) is 0.127. The topological polar surface area (TPSA) is 81.9 Å². The lowest BCUT2D eigenvalue weighted by Gasteiger charge is -2.19. The molecule has 0 saturated heterocycles. The smallest absolute Gasteiger partial charge is 0.246 e. The molecule has 0 spiro atoms. The molecular formula is C13H22N2O4S. The van der Waals surface area contributed by atoms with Gasteiger partial charge in [0.2, 0.25) is 10.0 Å². The van der Waals surface area contributed by atoms with Crippen LogP contribution in [0.15, 0.2) is 23.1 Å². The highest BCUT2D eigenvalue weighted by Gasteiger charge is 2.24. The van der Waals surface area contributed by atoms with Gasteiger partial charge in [-0.2, -0.15) is 4.31 Å². The van der Waals surface area contributed by atoms with E-state index < -0.39 is 10.0 Å². The van der Waals surface area contributed by atoms with Crippen LogP contribution in [0.4, 0.5) is 0 Å². The van der Waals surface area contributed by atoms with Crippen LogP contribution >= 0.6 is 0 Å². The minimum atomic E-state index is -3.62. The van der Waals surface area contributed by atoms with Crippen molar-refractivity contribution >= 4 is 10.0 Å². The molecule has 1 aromatic carbocycles. The summed E-state index contributed by atoms with van der Waals surface area (Å²) in [6, 6.07) is 4.91. The number of rotatable bonds is 8. The summed E-state index contributed by atoms with van der Waals surface area (Å²) in [5.74, 6) is 0.311. The molecule has 0 aliphatic carbocycles. The second kappa shape index (κ2) is 7.58. The summed E-state index contributed by atoms with van der Waals surface area (Å²) in [5.41, 5.74) is 6.30. The number of nitrogens with zero attached hydrogens (tertiary/aromatic N) is 1. The molecule has 7 heteroatoms. The van der Waals surface area contributed by atoms with Gasteiger partial charge in [0.1, 0.15) is 10.6 Å². The van der Waals surface area contributed by atoms with Gasteiger partial charge in [-0.05, 0) is 24.6 Å². The van der Waals surface area contributed by atoms with Crippen LogP contribution in [0.5, 0.6) is 5.75 Å². The van der Waals surface area contributed by atoms with E-state index in [-0.39, 0.29) is 18.0 Å². The summed E-state index contributed by atoms with van der Waals surface area (Å²) in [7, 11) is -0.664. The van der Waals surface area contributed by atoms with E-state index in [0.717, 1.165) is 5.56 Å². The third-order valence-corrected chi connectivity index (χ3v) is 4.78. The van der Waals surface area contributed by atoms with Crippen LogP contribution in [-0.4, -0.2) is 46.6 Å². The molecule has 1 rings (SSSR count). The van der Waals surface area contributed by atoms with Gasteiger partial charge in [0.15, 0.2) is 0 Å². The first-order valence-corrected chi connectivity index (χ1v) is 7.82. The van der Waals surface area contributed by atoms with E-state index >= 15 is 0 Å². The van der Waals surface area contributed by atoms with E-state index in [0.29, 0.717) is 19.0 Å². The summed E-state index contributed by atoms with van der Waals surface area (Å²) in [6.45, 7) is 3.33. The molecule has 0 aromatic heterocycles. The normalized spacial score (nSPS) is 11.8. The molecule has 0 fully saturated rings. The number of hydrogen-bond acceptors (Lipinski definition) is 5. The molecule has 6 nitrogen and oxygen atoms in total. The number of methoxy groups -OCH3 is 1. The van der Waals surface area contributed by atoms with Crippen molar-refractivity contribution in [1.82, 2.24) is 4.31 Å². The lowest BCUT2D eigenvalue weighted by atomic mass is 10.2. The monoisotopic (exact) mass is 302 g/mol. The third-order valence-electron chi connectivity index (χ3n) is 2.91. The number of ether oxygens (including phenoxy) is 2. The number of nitrogens with two attached hydrogens (primary N) is 1. The zero-order valence-electron chi connectivity index (χ0n) is 12.1. The Morgan fingerprint density at radius 2 is 2.05 bits per heavy atom. The van der Waals surface area contributed by atoms with Crippen LogP contribution in [0.25, 0.3) is 0 Å². The molecule has 0 aliphatic rings. The lowest BCUT2D eigenvalue weighted by molar-refractivity contribution is 0.138. The maximum absolute atomic E-state index is 12.5. The van der Waals surface area contributed by atoms with Crippen molar-refractivity contribution in [3.05, 3.63) is 23.8 Å². The Kier molecular flexibility index (Phi) is 6.41. The first-order valence-electron chi connectivity index (χ1n) is 6.38. The van der Waals surface area contributed by atoms with Gasteiger partial charge in [0, 0.05) is 26.7 Å². The van der Waals surface area contributed by atoms with Crippen molar-refractivity contribution in [2.75, 3.05) is 33.9 Å². The molecule has 1 aromatic rings. The maximum Gasteiger partial charge on any atom is 0.246 e. The fourth-order valence-corrected chi connectivity index (χ4v) is 3.03. The van der Waals surface area contributed by atoms with Crippen molar-refractivity contribution in [2.24, 2.45) is 5.73 Å². The van der Waals surface area contributed by atoms with Crippen LogP contribution in [0.1, 0.15) is 12.5 Å². The second-order valence-corrected chi connectivity index (χ2v) is 6.23. The predicted octanol–water partition coefficient (Wildman–Crippen LogP) is 0.811. The van der Waals surface area contributed by atoms with E-state index in [1.807, 2.05) is 6.92 Å². The van der Waals surface area contributed by atoms with Gasteiger partial charge < -0.3 is 15.2 Å². The molecule has 20 heavy (non-hydrogen) atoms. The van der Waals surface area contributed by atoms with Gasteiger partial charge in [-0.1, -0.05) is 6.07 Å². The molecule has 0 amide bonds. The van der Waals surface area contributed by atoms with E-state index in [4.69, 9.17) is 15.2 Å². The molecular weight excluding hydrogens is 280 g/mol. The molecule has 0 atom stereocenters. The van der Waals surface area contributed by atoms with Gasteiger partial charge in [-0.15, -0.1) is 0 Å². The Bertz CT molecular complexity index is 531. The Labute approximate surface area is 120 Å². The van der Waals surface area contributed by atoms with Gasteiger partial charge >= 0.3 is 0 Å². The maximum atomic E-state index is 12.5. The Morgan fingerprint density at radius 1 is 1.35 bits per heavy atom. The number of sulfonamides is 1. The fourth-order valence-electron chi connectivity index (χ4n) is 1.68. The Balaban J connectivity index is 3.06. The highest BCUT2D eigenvalue weighted by molar-refractivity contribution is 7.89. The molecule has 0 saturated carbocycles. The second-order valence-electron chi connectivity index (χ2n) is 4.21. The van der Waals surface area contributed by atoms with Crippen LogP contribution in [0.3, 0.4) is 0 Å². The summed E-state index contributed by atoms with van der Waals surface area (Å²) in [6.07, 6.45) is 0. The van der Waals surface area contributed by atoms with E-state index in [2.05, 4.69) is 0 Å². The van der Waals surface area contributed by atoms with Crippen molar-refractivity contribution in [3.63, 3.8) is 0 Å².